The molecule has 0 spiro atoms. The van der Waals surface area contributed by atoms with E-state index in [1.54, 1.807) is 18.2 Å². The van der Waals surface area contributed by atoms with Crippen molar-refractivity contribution in [2.24, 2.45) is 0 Å². The zero-order valence-electron chi connectivity index (χ0n) is 10.8. The molecule has 19 heavy (non-hydrogen) atoms. The number of amides is 1. The van der Waals surface area contributed by atoms with Crippen molar-refractivity contribution in [2.45, 2.75) is 13.8 Å². The minimum atomic E-state index is -0.118. The second kappa shape index (κ2) is 5.61. The number of nitrogens with two attached hydrogens (primary N) is 1. The molecule has 0 aliphatic rings. The van der Waals surface area contributed by atoms with Gasteiger partial charge in [0.25, 0.3) is 5.91 Å². The van der Waals surface area contributed by atoms with Crippen molar-refractivity contribution < 1.29 is 4.79 Å². The first kappa shape index (κ1) is 13.9. The van der Waals surface area contributed by atoms with Gasteiger partial charge < -0.3 is 11.1 Å². The molecule has 0 atom stereocenters. The van der Waals surface area contributed by atoms with Crippen LogP contribution in [-0.4, -0.2) is 5.91 Å². The van der Waals surface area contributed by atoms with Crippen LogP contribution >= 0.6 is 22.6 Å². The van der Waals surface area contributed by atoms with E-state index in [0.717, 1.165) is 20.4 Å². The van der Waals surface area contributed by atoms with Crippen molar-refractivity contribution in [3.05, 3.63) is 56.7 Å². The topological polar surface area (TPSA) is 55.1 Å². The van der Waals surface area contributed by atoms with Gasteiger partial charge >= 0.3 is 0 Å². The number of carbonyl (C=O) groups excluding carboxylic acids is 1. The zero-order chi connectivity index (χ0) is 14.0. The van der Waals surface area contributed by atoms with Crippen LogP contribution in [0.2, 0.25) is 0 Å². The molecule has 0 saturated carbocycles. The van der Waals surface area contributed by atoms with Crippen LogP contribution in [0.15, 0.2) is 36.4 Å². The predicted octanol–water partition coefficient (Wildman–Crippen LogP) is 3.74. The van der Waals surface area contributed by atoms with Crippen LogP contribution in [0, 0.1) is 17.4 Å². The van der Waals surface area contributed by atoms with E-state index in [9.17, 15) is 4.79 Å². The van der Waals surface area contributed by atoms with E-state index in [-0.39, 0.29) is 5.91 Å². The summed E-state index contributed by atoms with van der Waals surface area (Å²) in [6, 6.07) is 11.2. The molecule has 0 aromatic heterocycles. The standard InChI is InChI=1S/C15H15IN2O/c1-9-7-11(3-5-13(9)17)15(19)18-14-6-4-12(16)8-10(14)2/h3-8H,17H2,1-2H3,(H,18,19). The highest BCUT2D eigenvalue weighted by Crippen LogP contribution is 2.19. The van der Waals surface area contributed by atoms with Crippen molar-refractivity contribution in [1.29, 1.82) is 0 Å². The first-order chi connectivity index (χ1) is 8.97. The van der Waals surface area contributed by atoms with Gasteiger partial charge in [-0.25, -0.2) is 0 Å². The first-order valence-electron chi connectivity index (χ1n) is 5.91. The van der Waals surface area contributed by atoms with Crippen LogP contribution in [0.3, 0.4) is 0 Å². The van der Waals surface area contributed by atoms with Gasteiger partial charge in [0, 0.05) is 20.5 Å². The third-order valence-electron chi connectivity index (χ3n) is 2.97. The number of nitrogen functional groups attached to an aromatic ring is 1. The third kappa shape index (κ3) is 3.26. The van der Waals surface area contributed by atoms with Gasteiger partial charge in [0.05, 0.1) is 0 Å². The van der Waals surface area contributed by atoms with Crippen LogP contribution in [0.1, 0.15) is 21.5 Å². The molecule has 0 heterocycles. The fourth-order valence-corrected chi connectivity index (χ4v) is 2.43. The van der Waals surface area contributed by atoms with E-state index in [1.165, 1.54) is 0 Å². The van der Waals surface area contributed by atoms with Crippen molar-refractivity contribution >= 4 is 39.9 Å². The Morgan fingerprint density at radius 2 is 1.84 bits per heavy atom. The Morgan fingerprint density at radius 1 is 1.11 bits per heavy atom. The summed E-state index contributed by atoms with van der Waals surface area (Å²) in [5.41, 5.74) is 9.85. The van der Waals surface area contributed by atoms with E-state index < -0.39 is 0 Å². The number of aryl methyl sites for hydroxylation is 2. The van der Waals surface area contributed by atoms with Crippen LogP contribution in [0.25, 0.3) is 0 Å². The number of nitrogens with one attached hydrogen (secondary N) is 1. The summed E-state index contributed by atoms with van der Waals surface area (Å²) in [4.78, 5) is 12.2. The molecule has 4 heteroatoms. The van der Waals surface area contributed by atoms with Crippen LogP contribution < -0.4 is 11.1 Å². The van der Waals surface area contributed by atoms with Gasteiger partial charge in [-0.05, 0) is 84.0 Å². The molecule has 0 fully saturated rings. The van der Waals surface area contributed by atoms with E-state index in [4.69, 9.17) is 5.73 Å². The summed E-state index contributed by atoms with van der Waals surface area (Å²) >= 11 is 2.25. The second-order valence-electron chi connectivity index (χ2n) is 4.48. The number of hydrogen-bond donors (Lipinski definition) is 2. The molecule has 0 unspecified atom stereocenters. The van der Waals surface area contributed by atoms with E-state index in [2.05, 4.69) is 27.9 Å². The molecular weight excluding hydrogens is 351 g/mol. The average Bonchev–Trinajstić information content (AvgIpc) is 2.36. The minimum absolute atomic E-state index is 0.118. The number of halogens is 1. The van der Waals surface area contributed by atoms with Gasteiger partial charge in [-0.3, -0.25) is 4.79 Å². The number of hydrogen-bond acceptors (Lipinski definition) is 2. The average molecular weight is 366 g/mol. The first-order valence-corrected chi connectivity index (χ1v) is 6.99. The summed E-state index contributed by atoms with van der Waals surface area (Å²) in [5, 5.41) is 2.92. The van der Waals surface area contributed by atoms with Crippen LogP contribution in [0.5, 0.6) is 0 Å². The van der Waals surface area contributed by atoms with Gasteiger partial charge in [0.1, 0.15) is 0 Å². The number of rotatable bonds is 2. The maximum atomic E-state index is 12.2. The van der Waals surface area contributed by atoms with Gasteiger partial charge in [-0.15, -0.1) is 0 Å². The Bertz CT molecular complexity index is 638. The highest BCUT2D eigenvalue weighted by atomic mass is 127. The van der Waals surface area contributed by atoms with E-state index in [0.29, 0.717) is 11.3 Å². The summed E-state index contributed by atoms with van der Waals surface area (Å²) < 4.78 is 1.15. The molecule has 0 saturated heterocycles. The molecule has 2 rings (SSSR count). The predicted molar refractivity (Wildman–Crippen MR) is 87.4 cm³/mol. The molecule has 1 amide bonds. The van der Waals surface area contributed by atoms with Gasteiger partial charge in [-0.1, -0.05) is 0 Å². The molecule has 2 aromatic rings. The summed E-state index contributed by atoms with van der Waals surface area (Å²) in [7, 11) is 0. The highest BCUT2D eigenvalue weighted by Gasteiger charge is 2.08. The molecule has 98 valence electrons. The molecule has 3 N–H and O–H groups in total. The Kier molecular flexibility index (Phi) is 4.09. The number of benzene rings is 2. The zero-order valence-corrected chi connectivity index (χ0v) is 13.0. The Hall–Kier alpha value is -1.56. The van der Waals surface area contributed by atoms with Crippen LogP contribution in [0.4, 0.5) is 11.4 Å². The third-order valence-corrected chi connectivity index (χ3v) is 3.64. The van der Waals surface area contributed by atoms with Gasteiger partial charge in [0.2, 0.25) is 0 Å². The number of carbonyl (C=O) groups is 1. The normalized spacial score (nSPS) is 10.3. The lowest BCUT2D eigenvalue weighted by molar-refractivity contribution is 0.102. The molecule has 0 radical (unpaired) electrons. The summed E-state index contributed by atoms with van der Waals surface area (Å²) in [6.07, 6.45) is 0. The Balaban J connectivity index is 2.23. The maximum Gasteiger partial charge on any atom is 0.255 e. The molecule has 0 aliphatic carbocycles. The van der Waals surface area contributed by atoms with Crippen molar-refractivity contribution in [3.63, 3.8) is 0 Å². The SMILES string of the molecule is Cc1cc(C(=O)Nc2ccc(I)cc2C)ccc1N. The van der Waals surface area contributed by atoms with Gasteiger partial charge in [0.15, 0.2) is 0 Å². The molecular formula is C15H15IN2O. The molecule has 0 aliphatic heterocycles. The molecule has 3 nitrogen and oxygen atoms in total. The fourth-order valence-electron chi connectivity index (χ4n) is 1.78. The van der Waals surface area contributed by atoms with Gasteiger partial charge in [-0.2, -0.15) is 0 Å². The van der Waals surface area contributed by atoms with Crippen molar-refractivity contribution in [1.82, 2.24) is 0 Å². The van der Waals surface area contributed by atoms with Crippen molar-refractivity contribution in [2.75, 3.05) is 11.1 Å². The minimum Gasteiger partial charge on any atom is -0.399 e. The highest BCUT2D eigenvalue weighted by molar-refractivity contribution is 14.1. The number of anilines is 2. The summed E-state index contributed by atoms with van der Waals surface area (Å²) in [5.74, 6) is -0.118. The summed E-state index contributed by atoms with van der Waals surface area (Å²) in [6.45, 7) is 3.87. The molecule has 0 bridgehead atoms. The van der Waals surface area contributed by atoms with E-state index in [1.807, 2.05) is 32.0 Å². The lowest BCUT2D eigenvalue weighted by atomic mass is 10.1. The van der Waals surface area contributed by atoms with Crippen LogP contribution in [-0.2, 0) is 0 Å². The Morgan fingerprint density at radius 3 is 2.47 bits per heavy atom. The monoisotopic (exact) mass is 366 g/mol. The second-order valence-corrected chi connectivity index (χ2v) is 5.73. The maximum absolute atomic E-state index is 12.2. The fraction of sp³-hybridized carbons (Fsp3) is 0.133. The Labute approximate surface area is 126 Å². The van der Waals surface area contributed by atoms with E-state index >= 15 is 0 Å². The lowest BCUT2D eigenvalue weighted by Crippen LogP contribution is -2.13. The largest absolute Gasteiger partial charge is 0.399 e. The van der Waals surface area contributed by atoms with Crippen molar-refractivity contribution in [3.8, 4) is 0 Å². The molecule has 2 aromatic carbocycles. The lowest BCUT2D eigenvalue weighted by Gasteiger charge is -2.10. The smallest absolute Gasteiger partial charge is 0.255 e. The quantitative estimate of drug-likeness (QED) is 0.629.